The second kappa shape index (κ2) is 5.57. The van der Waals surface area contributed by atoms with Crippen molar-refractivity contribution in [2.45, 2.75) is 19.3 Å². The third-order valence-corrected chi connectivity index (χ3v) is 3.69. The Labute approximate surface area is 122 Å². The second-order valence-electron chi connectivity index (χ2n) is 4.95. The Hall–Kier alpha value is -1.61. The van der Waals surface area contributed by atoms with Crippen molar-refractivity contribution >= 4 is 27.5 Å². The smallest absolute Gasteiger partial charge is 0.234 e. The van der Waals surface area contributed by atoms with Crippen molar-refractivity contribution in [3.8, 4) is 0 Å². The zero-order valence-corrected chi connectivity index (χ0v) is 12.6. The number of para-hydroxylation sites is 1. The van der Waals surface area contributed by atoms with Gasteiger partial charge < -0.3 is 5.32 Å². The predicted molar refractivity (Wildman–Crippen MR) is 82.2 cm³/mol. The lowest BCUT2D eigenvalue weighted by molar-refractivity contribution is -0.120. The molecular formula is C16H16BrNO. The van der Waals surface area contributed by atoms with Crippen LogP contribution in [0.3, 0.4) is 0 Å². The van der Waals surface area contributed by atoms with E-state index >= 15 is 0 Å². The number of carbonyl (C=O) groups excluding carboxylic acids is 1. The number of benzene rings is 2. The van der Waals surface area contributed by atoms with Gasteiger partial charge in [-0.3, -0.25) is 4.79 Å². The van der Waals surface area contributed by atoms with E-state index in [9.17, 15) is 4.79 Å². The highest BCUT2D eigenvalue weighted by molar-refractivity contribution is 9.10. The Kier molecular flexibility index (Phi) is 4.05. The van der Waals surface area contributed by atoms with Crippen molar-refractivity contribution in [1.82, 2.24) is 0 Å². The molecule has 0 atom stereocenters. The molecule has 19 heavy (non-hydrogen) atoms. The average Bonchev–Trinajstić information content (AvgIpc) is 2.40. The molecule has 1 amide bonds. The number of hydrogen-bond acceptors (Lipinski definition) is 1. The molecule has 2 rings (SSSR count). The fraction of sp³-hybridized carbons (Fsp3) is 0.188. The van der Waals surface area contributed by atoms with Crippen LogP contribution in [-0.2, 0) is 10.2 Å². The molecule has 0 aliphatic rings. The van der Waals surface area contributed by atoms with Crippen LogP contribution in [-0.4, -0.2) is 5.91 Å². The first-order valence-electron chi connectivity index (χ1n) is 6.13. The first-order valence-corrected chi connectivity index (χ1v) is 6.92. The third kappa shape index (κ3) is 3.24. The number of halogens is 1. The van der Waals surface area contributed by atoms with E-state index in [0.717, 1.165) is 15.7 Å². The molecule has 3 heteroatoms. The number of carbonyl (C=O) groups is 1. The van der Waals surface area contributed by atoms with Crippen LogP contribution in [0.5, 0.6) is 0 Å². The normalized spacial score (nSPS) is 11.1. The van der Waals surface area contributed by atoms with Gasteiger partial charge in [0.2, 0.25) is 5.91 Å². The minimum atomic E-state index is -0.573. The molecule has 0 unspecified atom stereocenters. The molecule has 0 aromatic heterocycles. The molecule has 0 aliphatic heterocycles. The highest BCUT2D eigenvalue weighted by Gasteiger charge is 2.29. The van der Waals surface area contributed by atoms with Crippen molar-refractivity contribution in [1.29, 1.82) is 0 Å². The number of anilines is 1. The Morgan fingerprint density at radius 1 is 1.00 bits per heavy atom. The van der Waals surface area contributed by atoms with Gasteiger partial charge in [0.1, 0.15) is 0 Å². The van der Waals surface area contributed by atoms with E-state index in [0.29, 0.717) is 0 Å². The molecule has 2 nitrogen and oxygen atoms in total. The number of nitrogens with one attached hydrogen (secondary N) is 1. The summed E-state index contributed by atoms with van der Waals surface area (Å²) in [6.07, 6.45) is 0. The fourth-order valence-electron chi connectivity index (χ4n) is 1.81. The SMILES string of the molecule is CC(C)(C(=O)Nc1ccccc1)c1ccc(Br)cc1. The highest BCUT2D eigenvalue weighted by atomic mass is 79.9. The quantitative estimate of drug-likeness (QED) is 0.895. The second-order valence-corrected chi connectivity index (χ2v) is 5.87. The summed E-state index contributed by atoms with van der Waals surface area (Å²) >= 11 is 3.40. The van der Waals surface area contributed by atoms with Gasteiger partial charge in [-0.25, -0.2) is 0 Å². The van der Waals surface area contributed by atoms with Gasteiger partial charge in [-0.1, -0.05) is 46.3 Å². The first kappa shape index (κ1) is 13.8. The van der Waals surface area contributed by atoms with Crippen LogP contribution in [0.25, 0.3) is 0 Å². The van der Waals surface area contributed by atoms with E-state index in [2.05, 4.69) is 21.2 Å². The summed E-state index contributed by atoms with van der Waals surface area (Å²) < 4.78 is 1.01. The maximum absolute atomic E-state index is 12.4. The summed E-state index contributed by atoms with van der Waals surface area (Å²) in [4.78, 5) is 12.4. The Morgan fingerprint density at radius 2 is 1.58 bits per heavy atom. The molecular weight excluding hydrogens is 302 g/mol. The van der Waals surface area contributed by atoms with E-state index in [1.54, 1.807) is 0 Å². The van der Waals surface area contributed by atoms with Crippen LogP contribution in [0.2, 0.25) is 0 Å². The summed E-state index contributed by atoms with van der Waals surface area (Å²) in [5.74, 6) is -0.0129. The number of hydrogen-bond donors (Lipinski definition) is 1. The summed E-state index contributed by atoms with van der Waals surface area (Å²) in [5.41, 5.74) is 1.23. The molecule has 0 spiro atoms. The van der Waals surface area contributed by atoms with Crippen LogP contribution in [0, 0.1) is 0 Å². The summed E-state index contributed by atoms with van der Waals surface area (Å²) in [7, 11) is 0. The molecule has 0 fully saturated rings. The molecule has 0 bridgehead atoms. The summed E-state index contributed by atoms with van der Waals surface area (Å²) in [6, 6.07) is 17.3. The topological polar surface area (TPSA) is 29.1 Å². The molecule has 0 heterocycles. The lowest BCUT2D eigenvalue weighted by Crippen LogP contribution is -2.34. The molecule has 0 saturated heterocycles. The van der Waals surface area contributed by atoms with Crippen molar-refractivity contribution in [2.75, 3.05) is 5.32 Å². The molecule has 0 saturated carbocycles. The third-order valence-electron chi connectivity index (χ3n) is 3.17. The van der Waals surface area contributed by atoms with Gasteiger partial charge in [-0.2, -0.15) is 0 Å². The van der Waals surface area contributed by atoms with Crippen molar-refractivity contribution in [3.63, 3.8) is 0 Å². The minimum Gasteiger partial charge on any atom is -0.325 e. The fourth-order valence-corrected chi connectivity index (χ4v) is 2.07. The maximum Gasteiger partial charge on any atom is 0.234 e. The van der Waals surface area contributed by atoms with Crippen LogP contribution >= 0.6 is 15.9 Å². The van der Waals surface area contributed by atoms with Crippen molar-refractivity contribution in [3.05, 3.63) is 64.6 Å². The van der Waals surface area contributed by atoms with E-state index in [1.165, 1.54) is 0 Å². The van der Waals surface area contributed by atoms with Gasteiger partial charge in [0, 0.05) is 10.2 Å². The predicted octanol–water partition coefficient (Wildman–Crippen LogP) is 4.37. The molecule has 98 valence electrons. The Bertz CT molecular complexity index is 561. The van der Waals surface area contributed by atoms with E-state index in [-0.39, 0.29) is 5.91 Å². The summed E-state index contributed by atoms with van der Waals surface area (Å²) in [5, 5.41) is 2.94. The van der Waals surface area contributed by atoms with E-state index in [1.807, 2.05) is 68.4 Å². The van der Waals surface area contributed by atoms with Gasteiger partial charge in [-0.15, -0.1) is 0 Å². The standard InChI is InChI=1S/C16H16BrNO/c1-16(2,12-8-10-13(17)11-9-12)15(19)18-14-6-4-3-5-7-14/h3-11H,1-2H3,(H,18,19). The number of rotatable bonds is 3. The highest BCUT2D eigenvalue weighted by Crippen LogP contribution is 2.26. The zero-order valence-electron chi connectivity index (χ0n) is 11.0. The largest absolute Gasteiger partial charge is 0.325 e. The first-order chi connectivity index (χ1) is 9.00. The molecule has 0 radical (unpaired) electrons. The number of amides is 1. The lowest BCUT2D eigenvalue weighted by Gasteiger charge is -2.24. The van der Waals surface area contributed by atoms with Crippen LogP contribution in [0.1, 0.15) is 19.4 Å². The maximum atomic E-state index is 12.4. The van der Waals surface area contributed by atoms with Crippen LogP contribution < -0.4 is 5.32 Å². The van der Waals surface area contributed by atoms with Gasteiger partial charge >= 0.3 is 0 Å². The zero-order chi connectivity index (χ0) is 13.9. The van der Waals surface area contributed by atoms with Gasteiger partial charge in [-0.05, 0) is 43.7 Å². The van der Waals surface area contributed by atoms with Gasteiger partial charge in [0.15, 0.2) is 0 Å². The summed E-state index contributed by atoms with van der Waals surface area (Å²) in [6.45, 7) is 3.85. The van der Waals surface area contributed by atoms with Crippen molar-refractivity contribution in [2.24, 2.45) is 0 Å². The Balaban J connectivity index is 2.19. The van der Waals surface area contributed by atoms with Gasteiger partial charge in [0.25, 0.3) is 0 Å². The lowest BCUT2D eigenvalue weighted by atomic mass is 9.83. The molecule has 2 aromatic carbocycles. The van der Waals surface area contributed by atoms with Crippen LogP contribution in [0.15, 0.2) is 59.1 Å². The molecule has 0 aliphatic carbocycles. The molecule has 1 N–H and O–H groups in total. The van der Waals surface area contributed by atoms with Crippen LogP contribution in [0.4, 0.5) is 5.69 Å². The molecule has 2 aromatic rings. The van der Waals surface area contributed by atoms with Crippen molar-refractivity contribution < 1.29 is 4.79 Å². The Morgan fingerprint density at radius 3 is 2.16 bits per heavy atom. The minimum absolute atomic E-state index is 0.0129. The van der Waals surface area contributed by atoms with E-state index in [4.69, 9.17) is 0 Å². The monoisotopic (exact) mass is 317 g/mol. The average molecular weight is 318 g/mol. The van der Waals surface area contributed by atoms with Gasteiger partial charge in [0.05, 0.1) is 5.41 Å². The van der Waals surface area contributed by atoms with E-state index < -0.39 is 5.41 Å².